The fraction of sp³-hybridized carbons (Fsp3) is 0.0909. The number of carbonyl (C=O) groups excluding carboxylic acids is 1. The molecule has 1 amide bonds. The molecular formula is C22H18N2O4S2. The summed E-state index contributed by atoms with van der Waals surface area (Å²) in [5, 5.41) is 3.17. The summed E-state index contributed by atoms with van der Waals surface area (Å²) in [6.07, 6.45) is 1.16. The monoisotopic (exact) mass is 438 g/mol. The SMILES string of the molecule is CS(=O)(=O)c1ccc2nc(NC(=O)c3ccccc3OCc3ccccc3)sc2c1. The average molecular weight is 439 g/mol. The van der Waals surface area contributed by atoms with Crippen molar-refractivity contribution in [3.8, 4) is 5.75 Å². The van der Waals surface area contributed by atoms with E-state index in [1.807, 2.05) is 36.4 Å². The zero-order valence-corrected chi connectivity index (χ0v) is 17.7. The lowest BCUT2D eigenvalue weighted by Crippen LogP contribution is -2.13. The van der Waals surface area contributed by atoms with Crippen molar-refractivity contribution in [1.29, 1.82) is 0 Å². The van der Waals surface area contributed by atoms with Gasteiger partial charge in [-0.25, -0.2) is 13.4 Å². The van der Waals surface area contributed by atoms with Crippen LogP contribution in [0.4, 0.5) is 5.13 Å². The third-order valence-electron chi connectivity index (χ3n) is 4.38. The number of amides is 1. The van der Waals surface area contributed by atoms with Gasteiger partial charge in [-0.2, -0.15) is 0 Å². The number of rotatable bonds is 6. The number of benzene rings is 3. The van der Waals surface area contributed by atoms with Crippen molar-refractivity contribution in [3.05, 3.63) is 83.9 Å². The number of hydrogen-bond acceptors (Lipinski definition) is 6. The van der Waals surface area contributed by atoms with E-state index in [-0.39, 0.29) is 10.8 Å². The minimum Gasteiger partial charge on any atom is -0.488 e. The summed E-state index contributed by atoms with van der Waals surface area (Å²) in [6.45, 7) is 0.348. The Kier molecular flexibility index (Phi) is 5.52. The summed E-state index contributed by atoms with van der Waals surface area (Å²) in [6, 6.07) is 21.4. The number of nitrogens with zero attached hydrogens (tertiary/aromatic N) is 1. The second kappa shape index (κ2) is 8.25. The lowest BCUT2D eigenvalue weighted by molar-refractivity contribution is 0.102. The number of sulfone groups is 1. The number of aromatic nitrogens is 1. The van der Waals surface area contributed by atoms with E-state index in [1.165, 1.54) is 17.4 Å². The van der Waals surface area contributed by atoms with Crippen LogP contribution >= 0.6 is 11.3 Å². The number of anilines is 1. The van der Waals surface area contributed by atoms with Gasteiger partial charge in [-0.3, -0.25) is 10.1 Å². The van der Waals surface area contributed by atoms with Crippen molar-refractivity contribution >= 4 is 42.4 Å². The molecule has 0 saturated heterocycles. The molecule has 0 unspecified atom stereocenters. The molecular weight excluding hydrogens is 420 g/mol. The Balaban J connectivity index is 1.54. The average Bonchev–Trinajstić information content (AvgIpc) is 3.14. The molecule has 0 saturated carbocycles. The number of ether oxygens (including phenoxy) is 1. The number of hydrogen-bond donors (Lipinski definition) is 1. The predicted octanol–water partition coefficient (Wildman–Crippen LogP) is 4.53. The summed E-state index contributed by atoms with van der Waals surface area (Å²) in [4.78, 5) is 17.4. The van der Waals surface area contributed by atoms with Crippen LogP contribution in [0.25, 0.3) is 10.2 Å². The summed E-state index contributed by atoms with van der Waals surface area (Å²) < 4.78 is 30.0. The number of nitrogens with one attached hydrogen (secondary N) is 1. The Morgan fingerprint density at radius 1 is 1.03 bits per heavy atom. The van der Waals surface area contributed by atoms with E-state index in [2.05, 4.69) is 10.3 Å². The van der Waals surface area contributed by atoms with Crippen LogP contribution in [0.5, 0.6) is 5.75 Å². The molecule has 3 aromatic carbocycles. The molecule has 0 aliphatic rings. The third-order valence-corrected chi connectivity index (χ3v) is 6.42. The maximum atomic E-state index is 12.8. The first kappa shape index (κ1) is 20.1. The lowest BCUT2D eigenvalue weighted by atomic mass is 10.2. The van der Waals surface area contributed by atoms with Crippen molar-refractivity contribution in [2.75, 3.05) is 11.6 Å². The van der Waals surface area contributed by atoms with Gasteiger partial charge in [0.05, 0.1) is 20.7 Å². The fourth-order valence-electron chi connectivity index (χ4n) is 2.87. The molecule has 30 heavy (non-hydrogen) atoms. The molecule has 1 N–H and O–H groups in total. The van der Waals surface area contributed by atoms with Gasteiger partial charge < -0.3 is 4.74 Å². The molecule has 0 radical (unpaired) electrons. The molecule has 0 aliphatic heterocycles. The van der Waals surface area contributed by atoms with E-state index >= 15 is 0 Å². The van der Waals surface area contributed by atoms with E-state index in [1.54, 1.807) is 30.3 Å². The number of fused-ring (bicyclic) bond motifs is 1. The maximum Gasteiger partial charge on any atom is 0.261 e. The molecule has 6 nitrogen and oxygen atoms in total. The van der Waals surface area contributed by atoms with E-state index < -0.39 is 9.84 Å². The first-order valence-corrected chi connectivity index (χ1v) is 11.8. The fourth-order valence-corrected chi connectivity index (χ4v) is 4.49. The smallest absolute Gasteiger partial charge is 0.261 e. The van der Waals surface area contributed by atoms with Gasteiger partial charge in [-0.15, -0.1) is 0 Å². The largest absolute Gasteiger partial charge is 0.488 e. The standard InChI is InChI=1S/C22H18N2O4S2/c1-30(26,27)16-11-12-18-20(13-16)29-22(23-18)24-21(25)17-9-5-6-10-19(17)28-14-15-7-3-2-4-8-15/h2-13H,14H2,1H3,(H,23,24,25). The van der Waals surface area contributed by atoms with Crippen LogP contribution in [0.2, 0.25) is 0 Å². The van der Waals surface area contributed by atoms with Crippen LogP contribution < -0.4 is 10.1 Å². The maximum absolute atomic E-state index is 12.8. The highest BCUT2D eigenvalue weighted by Gasteiger charge is 2.16. The van der Waals surface area contributed by atoms with Crippen LogP contribution in [-0.2, 0) is 16.4 Å². The summed E-state index contributed by atoms with van der Waals surface area (Å²) in [7, 11) is -3.31. The Morgan fingerprint density at radius 2 is 1.77 bits per heavy atom. The van der Waals surface area contributed by atoms with Gasteiger partial charge in [-0.05, 0) is 35.9 Å². The zero-order chi connectivity index (χ0) is 21.1. The van der Waals surface area contributed by atoms with E-state index in [4.69, 9.17) is 4.74 Å². The van der Waals surface area contributed by atoms with Gasteiger partial charge in [0.15, 0.2) is 15.0 Å². The predicted molar refractivity (Wildman–Crippen MR) is 118 cm³/mol. The molecule has 0 aliphatic carbocycles. The normalized spacial score (nSPS) is 11.4. The number of thiazole rings is 1. The van der Waals surface area contributed by atoms with Crippen LogP contribution in [0.3, 0.4) is 0 Å². The minimum atomic E-state index is -3.31. The lowest BCUT2D eigenvalue weighted by Gasteiger charge is -2.11. The van der Waals surface area contributed by atoms with Crippen molar-refractivity contribution in [2.24, 2.45) is 0 Å². The molecule has 152 valence electrons. The summed E-state index contributed by atoms with van der Waals surface area (Å²) >= 11 is 1.22. The Morgan fingerprint density at radius 3 is 2.53 bits per heavy atom. The molecule has 0 spiro atoms. The second-order valence-corrected chi connectivity index (χ2v) is 9.69. The molecule has 1 aromatic heterocycles. The Bertz CT molecular complexity index is 1320. The Labute approximate surface area is 178 Å². The van der Waals surface area contributed by atoms with E-state index in [0.717, 1.165) is 11.8 Å². The van der Waals surface area contributed by atoms with Crippen LogP contribution in [0.15, 0.2) is 77.7 Å². The number of carbonyl (C=O) groups is 1. The first-order valence-electron chi connectivity index (χ1n) is 9.08. The van der Waals surface area contributed by atoms with Crippen molar-refractivity contribution in [2.45, 2.75) is 11.5 Å². The van der Waals surface area contributed by atoms with E-state index in [9.17, 15) is 13.2 Å². The highest BCUT2D eigenvalue weighted by molar-refractivity contribution is 7.90. The van der Waals surface area contributed by atoms with Gasteiger partial charge in [0.25, 0.3) is 5.91 Å². The van der Waals surface area contributed by atoms with Gasteiger partial charge in [0.2, 0.25) is 0 Å². The van der Waals surface area contributed by atoms with E-state index in [0.29, 0.717) is 33.3 Å². The quantitative estimate of drug-likeness (QED) is 0.478. The zero-order valence-electron chi connectivity index (χ0n) is 16.0. The highest BCUT2D eigenvalue weighted by Crippen LogP contribution is 2.29. The first-order chi connectivity index (χ1) is 14.4. The van der Waals surface area contributed by atoms with Gasteiger partial charge in [0, 0.05) is 6.26 Å². The molecule has 0 atom stereocenters. The number of para-hydroxylation sites is 1. The van der Waals surface area contributed by atoms with Crippen LogP contribution in [-0.4, -0.2) is 25.6 Å². The molecule has 0 bridgehead atoms. The third kappa shape index (κ3) is 4.50. The summed E-state index contributed by atoms with van der Waals surface area (Å²) in [5.74, 6) is 0.125. The van der Waals surface area contributed by atoms with Crippen molar-refractivity contribution < 1.29 is 17.9 Å². The minimum absolute atomic E-state index is 0.219. The van der Waals surface area contributed by atoms with Gasteiger partial charge in [0.1, 0.15) is 12.4 Å². The van der Waals surface area contributed by atoms with Crippen LogP contribution in [0.1, 0.15) is 15.9 Å². The Hall–Kier alpha value is -3.23. The summed E-state index contributed by atoms with van der Waals surface area (Å²) in [5.41, 5.74) is 2.02. The molecule has 1 heterocycles. The topological polar surface area (TPSA) is 85.4 Å². The van der Waals surface area contributed by atoms with Gasteiger partial charge >= 0.3 is 0 Å². The molecule has 4 aromatic rings. The van der Waals surface area contributed by atoms with Crippen LogP contribution in [0, 0.1) is 0 Å². The molecule has 8 heteroatoms. The second-order valence-electron chi connectivity index (χ2n) is 6.65. The molecule has 0 fully saturated rings. The molecule has 4 rings (SSSR count). The van der Waals surface area contributed by atoms with Crippen molar-refractivity contribution in [1.82, 2.24) is 4.98 Å². The van der Waals surface area contributed by atoms with Gasteiger partial charge in [-0.1, -0.05) is 53.8 Å². The van der Waals surface area contributed by atoms with Crippen molar-refractivity contribution in [3.63, 3.8) is 0 Å². The highest BCUT2D eigenvalue weighted by atomic mass is 32.2.